The number of amides is 1. The van der Waals surface area contributed by atoms with E-state index in [2.05, 4.69) is 11.4 Å². The van der Waals surface area contributed by atoms with Gasteiger partial charge in [-0.25, -0.2) is 4.79 Å². The van der Waals surface area contributed by atoms with E-state index in [1.54, 1.807) is 6.26 Å². The third kappa shape index (κ3) is 4.99. The van der Waals surface area contributed by atoms with E-state index in [0.29, 0.717) is 6.54 Å². The zero-order valence-electron chi connectivity index (χ0n) is 12.7. The van der Waals surface area contributed by atoms with E-state index >= 15 is 0 Å². The van der Waals surface area contributed by atoms with Gasteiger partial charge in [-0.2, -0.15) is 0 Å². The standard InChI is InChI=1S/C17H21NO3/c1-17(2,3)21-16(19)18-10-5-4-6-13-7-8-15-14(12-13)9-11-20-15/h4,6-9,11-12H,5,10H2,1-3H3,(H,18,19). The van der Waals surface area contributed by atoms with Crippen LogP contribution < -0.4 is 5.32 Å². The zero-order chi connectivity index (χ0) is 15.3. The van der Waals surface area contributed by atoms with Crippen LogP contribution in [-0.2, 0) is 4.74 Å². The molecule has 0 fully saturated rings. The summed E-state index contributed by atoms with van der Waals surface area (Å²) in [6, 6.07) is 7.96. The van der Waals surface area contributed by atoms with Crippen molar-refractivity contribution in [2.75, 3.05) is 6.54 Å². The number of carbonyl (C=O) groups excluding carboxylic acids is 1. The molecular formula is C17H21NO3. The predicted molar refractivity (Wildman–Crippen MR) is 84.1 cm³/mol. The summed E-state index contributed by atoms with van der Waals surface area (Å²) in [4.78, 5) is 11.4. The number of nitrogens with one attached hydrogen (secondary N) is 1. The second-order valence-electron chi connectivity index (χ2n) is 5.84. The van der Waals surface area contributed by atoms with Gasteiger partial charge in [0.25, 0.3) is 0 Å². The Balaban J connectivity index is 1.76. The number of rotatable bonds is 4. The minimum atomic E-state index is -0.458. The lowest BCUT2D eigenvalue weighted by Crippen LogP contribution is -2.32. The Morgan fingerprint density at radius 1 is 1.33 bits per heavy atom. The van der Waals surface area contributed by atoms with Crippen LogP contribution in [0.25, 0.3) is 17.0 Å². The summed E-state index contributed by atoms with van der Waals surface area (Å²) in [7, 11) is 0. The lowest BCUT2D eigenvalue weighted by molar-refractivity contribution is 0.0529. The summed E-state index contributed by atoms with van der Waals surface area (Å²) >= 11 is 0. The first-order chi connectivity index (χ1) is 9.94. The molecule has 1 heterocycles. The number of alkyl carbamates (subject to hydrolysis) is 1. The summed E-state index contributed by atoms with van der Waals surface area (Å²) in [5.74, 6) is 0. The number of hydrogen-bond acceptors (Lipinski definition) is 3. The normalized spacial score (nSPS) is 12.0. The number of hydrogen-bond donors (Lipinski definition) is 1. The van der Waals surface area contributed by atoms with E-state index in [0.717, 1.165) is 23.0 Å². The molecule has 0 spiro atoms. The molecule has 1 aromatic heterocycles. The first-order valence-electron chi connectivity index (χ1n) is 7.05. The van der Waals surface area contributed by atoms with Crippen molar-refractivity contribution in [3.05, 3.63) is 42.2 Å². The van der Waals surface area contributed by atoms with Crippen LogP contribution in [0.3, 0.4) is 0 Å². The van der Waals surface area contributed by atoms with E-state index in [1.165, 1.54) is 0 Å². The van der Waals surface area contributed by atoms with Gasteiger partial charge >= 0.3 is 6.09 Å². The van der Waals surface area contributed by atoms with Crippen LogP contribution in [0, 0.1) is 0 Å². The van der Waals surface area contributed by atoms with Gasteiger partial charge in [-0.05, 0) is 51.0 Å². The molecule has 112 valence electrons. The number of benzene rings is 1. The van der Waals surface area contributed by atoms with Gasteiger partial charge in [0.1, 0.15) is 11.2 Å². The summed E-state index contributed by atoms with van der Waals surface area (Å²) in [5.41, 5.74) is 1.54. The Kier molecular flexibility index (Phi) is 4.68. The largest absolute Gasteiger partial charge is 0.464 e. The fourth-order valence-electron chi connectivity index (χ4n) is 1.88. The van der Waals surface area contributed by atoms with Crippen LogP contribution in [0.4, 0.5) is 4.79 Å². The molecule has 2 rings (SSSR count). The fourth-order valence-corrected chi connectivity index (χ4v) is 1.88. The highest BCUT2D eigenvalue weighted by molar-refractivity contribution is 5.79. The first-order valence-corrected chi connectivity index (χ1v) is 7.05. The van der Waals surface area contributed by atoms with Gasteiger partial charge in [0, 0.05) is 11.9 Å². The molecule has 0 saturated carbocycles. The van der Waals surface area contributed by atoms with Crippen molar-refractivity contribution in [2.24, 2.45) is 0 Å². The molecule has 0 saturated heterocycles. The first kappa shape index (κ1) is 15.2. The average molecular weight is 287 g/mol. The quantitative estimate of drug-likeness (QED) is 0.850. The Morgan fingerprint density at radius 3 is 2.90 bits per heavy atom. The van der Waals surface area contributed by atoms with Crippen LogP contribution in [0.2, 0.25) is 0 Å². The molecule has 0 aliphatic heterocycles. The van der Waals surface area contributed by atoms with Crippen molar-refractivity contribution in [2.45, 2.75) is 32.8 Å². The van der Waals surface area contributed by atoms with Gasteiger partial charge in [0.05, 0.1) is 6.26 Å². The van der Waals surface area contributed by atoms with Crippen LogP contribution in [0.5, 0.6) is 0 Å². The summed E-state index contributed by atoms with van der Waals surface area (Å²) < 4.78 is 10.5. The maximum absolute atomic E-state index is 11.4. The lowest BCUT2D eigenvalue weighted by atomic mass is 10.1. The smallest absolute Gasteiger partial charge is 0.407 e. The van der Waals surface area contributed by atoms with E-state index in [-0.39, 0.29) is 6.09 Å². The topological polar surface area (TPSA) is 51.5 Å². The number of fused-ring (bicyclic) bond motifs is 1. The van der Waals surface area contributed by atoms with Gasteiger partial charge in [-0.1, -0.05) is 18.2 Å². The summed E-state index contributed by atoms with van der Waals surface area (Å²) in [5, 5.41) is 3.81. The molecule has 0 atom stereocenters. The molecule has 0 bridgehead atoms. The zero-order valence-corrected chi connectivity index (χ0v) is 12.7. The molecule has 1 N–H and O–H groups in total. The van der Waals surface area contributed by atoms with Crippen molar-refractivity contribution in [3.8, 4) is 0 Å². The third-order valence-electron chi connectivity index (χ3n) is 2.77. The van der Waals surface area contributed by atoms with Crippen LogP contribution >= 0.6 is 0 Å². The highest BCUT2D eigenvalue weighted by atomic mass is 16.6. The summed E-state index contributed by atoms with van der Waals surface area (Å²) in [6.07, 6.45) is 6.11. The van der Waals surface area contributed by atoms with Crippen LogP contribution in [0.15, 0.2) is 41.0 Å². The van der Waals surface area contributed by atoms with Gasteiger partial charge in [0.15, 0.2) is 0 Å². The van der Waals surface area contributed by atoms with Crippen molar-refractivity contribution in [1.82, 2.24) is 5.32 Å². The number of carbonyl (C=O) groups is 1. The Hall–Kier alpha value is -2.23. The minimum Gasteiger partial charge on any atom is -0.464 e. The molecule has 4 nitrogen and oxygen atoms in total. The fraction of sp³-hybridized carbons (Fsp3) is 0.353. The molecule has 1 aromatic carbocycles. The van der Waals surface area contributed by atoms with Crippen LogP contribution in [-0.4, -0.2) is 18.2 Å². The molecule has 0 radical (unpaired) electrons. The summed E-state index contributed by atoms with van der Waals surface area (Å²) in [6.45, 7) is 6.09. The van der Waals surface area contributed by atoms with Gasteiger partial charge in [-0.15, -0.1) is 0 Å². The Morgan fingerprint density at radius 2 is 2.14 bits per heavy atom. The van der Waals surface area contributed by atoms with E-state index in [1.807, 2.05) is 51.1 Å². The van der Waals surface area contributed by atoms with E-state index < -0.39 is 5.60 Å². The number of furan rings is 1. The molecule has 1 amide bonds. The number of ether oxygens (including phenoxy) is 1. The lowest BCUT2D eigenvalue weighted by Gasteiger charge is -2.19. The van der Waals surface area contributed by atoms with Gasteiger partial charge in [-0.3, -0.25) is 0 Å². The maximum Gasteiger partial charge on any atom is 0.407 e. The molecular weight excluding hydrogens is 266 g/mol. The highest BCUT2D eigenvalue weighted by Crippen LogP contribution is 2.17. The molecule has 21 heavy (non-hydrogen) atoms. The predicted octanol–water partition coefficient (Wildman–Crippen LogP) is 4.36. The van der Waals surface area contributed by atoms with Gasteiger partial charge < -0.3 is 14.5 Å². The second-order valence-corrected chi connectivity index (χ2v) is 5.84. The molecule has 0 aliphatic carbocycles. The highest BCUT2D eigenvalue weighted by Gasteiger charge is 2.15. The Labute approximate surface area is 124 Å². The van der Waals surface area contributed by atoms with Crippen molar-refractivity contribution in [3.63, 3.8) is 0 Å². The minimum absolute atomic E-state index is 0.379. The van der Waals surface area contributed by atoms with E-state index in [9.17, 15) is 4.79 Å². The van der Waals surface area contributed by atoms with E-state index in [4.69, 9.17) is 9.15 Å². The Bertz CT molecular complexity index is 635. The monoisotopic (exact) mass is 287 g/mol. The second kappa shape index (κ2) is 6.48. The van der Waals surface area contributed by atoms with Crippen LogP contribution in [0.1, 0.15) is 32.8 Å². The molecule has 0 unspecified atom stereocenters. The third-order valence-corrected chi connectivity index (χ3v) is 2.77. The molecule has 0 aliphatic rings. The van der Waals surface area contributed by atoms with Crippen molar-refractivity contribution in [1.29, 1.82) is 0 Å². The molecule has 2 aromatic rings. The van der Waals surface area contributed by atoms with Crippen molar-refractivity contribution < 1.29 is 13.9 Å². The molecule has 4 heteroatoms. The average Bonchev–Trinajstić information content (AvgIpc) is 2.83. The van der Waals surface area contributed by atoms with Gasteiger partial charge in [0.2, 0.25) is 0 Å². The maximum atomic E-state index is 11.4. The SMILES string of the molecule is CC(C)(C)OC(=O)NCCC=Cc1ccc2occc2c1. The van der Waals surface area contributed by atoms with Crippen molar-refractivity contribution >= 4 is 23.1 Å².